The molecule has 0 radical (unpaired) electrons. The summed E-state index contributed by atoms with van der Waals surface area (Å²) >= 11 is 0. The lowest BCUT2D eigenvalue weighted by atomic mass is 10.3. The highest BCUT2D eigenvalue weighted by atomic mass is 16.5. The Hall–Kier alpha value is -1.36. The van der Waals surface area contributed by atoms with Crippen molar-refractivity contribution in [2.24, 2.45) is 0 Å². The Morgan fingerprint density at radius 1 is 0.944 bits per heavy atom. The molecule has 0 fully saturated rings. The molecule has 0 bridgehead atoms. The molecule has 0 aromatic heterocycles. The number of rotatable bonds is 10. The van der Waals surface area contributed by atoms with E-state index in [0.717, 1.165) is 31.4 Å². The molecule has 0 atom stereocenters. The third-order valence-electron chi connectivity index (χ3n) is 2.14. The minimum Gasteiger partial charge on any atom is -0.463 e. The minimum absolute atomic E-state index is 0.0808. The lowest BCUT2D eigenvalue weighted by Crippen LogP contribution is -2.06. The summed E-state index contributed by atoms with van der Waals surface area (Å²) in [4.78, 5) is 22.2. The zero-order valence-corrected chi connectivity index (χ0v) is 10.9. The number of ether oxygens (including phenoxy) is 2. The maximum atomic E-state index is 11.1. The zero-order valence-electron chi connectivity index (χ0n) is 10.9. The van der Waals surface area contributed by atoms with Gasteiger partial charge in [0, 0.05) is 18.8 Å². The topological polar surface area (TPSA) is 72.8 Å². The molecule has 5 nitrogen and oxygen atoms in total. The number of unbranched alkanes of at least 4 members (excludes halogenated alkanes) is 3. The number of hydrogen-bond acceptors (Lipinski definition) is 5. The molecule has 18 heavy (non-hydrogen) atoms. The lowest BCUT2D eigenvalue weighted by molar-refractivity contribution is -0.140. The molecular formula is C13H22O5. The molecule has 5 heteroatoms. The molecule has 0 unspecified atom stereocenters. The van der Waals surface area contributed by atoms with Crippen LogP contribution in [0.2, 0.25) is 0 Å². The van der Waals surface area contributed by atoms with Crippen molar-refractivity contribution < 1.29 is 24.2 Å². The van der Waals surface area contributed by atoms with Gasteiger partial charge in [-0.2, -0.15) is 0 Å². The van der Waals surface area contributed by atoms with E-state index in [1.807, 2.05) is 0 Å². The standard InChI is InChI=1S/C13H22O5/c1-2-3-5-10-17-12(15)7-8-13(16)18-11-6-4-9-14/h7-8,14H,2-6,9-11H2,1H3. The van der Waals surface area contributed by atoms with Crippen LogP contribution in [0, 0.1) is 0 Å². The first kappa shape index (κ1) is 16.6. The molecule has 0 amide bonds. The van der Waals surface area contributed by atoms with E-state index in [1.165, 1.54) is 0 Å². The highest BCUT2D eigenvalue weighted by molar-refractivity contribution is 5.91. The molecule has 0 saturated heterocycles. The van der Waals surface area contributed by atoms with Gasteiger partial charge in [-0.05, 0) is 19.3 Å². The monoisotopic (exact) mass is 258 g/mol. The molecule has 0 heterocycles. The number of hydrogen-bond donors (Lipinski definition) is 1. The van der Waals surface area contributed by atoms with E-state index in [9.17, 15) is 9.59 Å². The van der Waals surface area contributed by atoms with Gasteiger partial charge in [-0.1, -0.05) is 19.8 Å². The van der Waals surface area contributed by atoms with Crippen LogP contribution in [-0.2, 0) is 19.1 Å². The highest BCUT2D eigenvalue weighted by Crippen LogP contribution is 1.95. The van der Waals surface area contributed by atoms with Crippen LogP contribution in [0.4, 0.5) is 0 Å². The van der Waals surface area contributed by atoms with Crippen LogP contribution < -0.4 is 0 Å². The normalized spacial score (nSPS) is 10.6. The lowest BCUT2D eigenvalue weighted by Gasteiger charge is -2.01. The second-order valence-electron chi connectivity index (χ2n) is 3.81. The first-order chi connectivity index (χ1) is 8.70. The summed E-state index contributed by atoms with van der Waals surface area (Å²) in [6.07, 6.45) is 6.24. The molecule has 0 aliphatic rings. The van der Waals surface area contributed by atoms with Gasteiger partial charge in [-0.25, -0.2) is 9.59 Å². The smallest absolute Gasteiger partial charge is 0.331 e. The second kappa shape index (κ2) is 12.1. The van der Waals surface area contributed by atoms with E-state index in [1.54, 1.807) is 0 Å². The largest absolute Gasteiger partial charge is 0.463 e. The average Bonchev–Trinajstić information content (AvgIpc) is 2.37. The van der Waals surface area contributed by atoms with Crippen molar-refractivity contribution in [1.29, 1.82) is 0 Å². The molecule has 0 aliphatic heterocycles. The van der Waals surface area contributed by atoms with Crippen LogP contribution in [0.1, 0.15) is 39.0 Å². The van der Waals surface area contributed by atoms with Crippen molar-refractivity contribution in [2.75, 3.05) is 19.8 Å². The fourth-order valence-electron chi connectivity index (χ4n) is 1.14. The fraction of sp³-hybridized carbons (Fsp3) is 0.692. The Kier molecular flexibility index (Phi) is 11.2. The zero-order chi connectivity index (χ0) is 13.6. The number of carbonyl (C=O) groups excluding carboxylic acids is 2. The number of aliphatic hydroxyl groups is 1. The highest BCUT2D eigenvalue weighted by Gasteiger charge is 2.00. The summed E-state index contributed by atoms with van der Waals surface area (Å²) in [5.41, 5.74) is 0. The van der Waals surface area contributed by atoms with E-state index in [0.29, 0.717) is 19.4 Å². The van der Waals surface area contributed by atoms with E-state index in [-0.39, 0.29) is 13.2 Å². The summed E-state index contributed by atoms with van der Waals surface area (Å²) in [5, 5.41) is 8.51. The molecule has 104 valence electrons. The van der Waals surface area contributed by atoms with Crippen molar-refractivity contribution in [3.8, 4) is 0 Å². The number of esters is 2. The number of aliphatic hydroxyl groups excluding tert-OH is 1. The SMILES string of the molecule is CCCCCOC(=O)C=CC(=O)OCCCCO. The Morgan fingerprint density at radius 2 is 1.44 bits per heavy atom. The van der Waals surface area contributed by atoms with Gasteiger partial charge in [0.25, 0.3) is 0 Å². The van der Waals surface area contributed by atoms with Gasteiger partial charge in [-0.15, -0.1) is 0 Å². The predicted octanol–water partition coefficient (Wildman–Crippen LogP) is 1.59. The third-order valence-corrected chi connectivity index (χ3v) is 2.14. The van der Waals surface area contributed by atoms with Crippen molar-refractivity contribution in [1.82, 2.24) is 0 Å². The summed E-state index contributed by atoms with van der Waals surface area (Å²) in [6, 6.07) is 0. The molecule has 0 aromatic rings. The van der Waals surface area contributed by atoms with Gasteiger partial charge in [0.05, 0.1) is 13.2 Å². The van der Waals surface area contributed by atoms with Crippen LogP contribution in [0.15, 0.2) is 12.2 Å². The van der Waals surface area contributed by atoms with E-state index < -0.39 is 11.9 Å². The Balaban J connectivity index is 3.58. The van der Waals surface area contributed by atoms with Gasteiger partial charge < -0.3 is 14.6 Å². The molecule has 0 aromatic carbocycles. The van der Waals surface area contributed by atoms with Gasteiger partial charge >= 0.3 is 11.9 Å². The molecule has 1 N–H and O–H groups in total. The van der Waals surface area contributed by atoms with Gasteiger partial charge in [0.1, 0.15) is 0 Å². The first-order valence-electron chi connectivity index (χ1n) is 6.33. The second-order valence-corrected chi connectivity index (χ2v) is 3.81. The maximum Gasteiger partial charge on any atom is 0.331 e. The first-order valence-corrected chi connectivity index (χ1v) is 6.33. The van der Waals surface area contributed by atoms with E-state index in [2.05, 4.69) is 6.92 Å². The van der Waals surface area contributed by atoms with Crippen LogP contribution in [0.25, 0.3) is 0 Å². The summed E-state index contributed by atoms with van der Waals surface area (Å²) in [5.74, 6) is -1.10. The molecule has 0 saturated carbocycles. The van der Waals surface area contributed by atoms with Gasteiger partial charge in [-0.3, -0.25) is 0 Å². The number of carbonyl (C=O) groups is 2. The quantitative estimate of drug-likeness (QED) is 0.366. The van der Waals surface area contributed by atoms with Crippen molar-refractivity contribution in [2.45, 2.75) is 39.0 Å². The average molecular weight is 258 g/mol. The van der Waals surface area contributed by atoms with Crippen LogP contribution in [0.5, 0.6) is 0 Å². The van der Waals surface area contributed by atoms with Crippen molar-refractivity contribution in [3.05, 3.63) is 12.2 Å². The Labute approximate surface area is 108 Å². The van der Waals surface area contributed by atoms with Gasteiger partial charge in [0.2, 0.25) is 0 Å². The van der Waals surface area contributed by atoms with Crippen LogP contribution in [0.3, 0.4) is 0 Å². The van der Waals surface area contributed by atoms with Gasteiger partial charge in [0.15, 0.2) is 0 Å². The van der Waals surface area contributed by atoms with E-state index >= 15 is 0 Å². The summed E-state index contributed by atoms with van der Waals surface area (Å²) in [6.45, 7) is 2.77. The summed E-state index contributed by atoms with van der Waals surface area (Å²) in [7, 11) is 0. The van der Waals surface area contributed by atoms with Crippen molar-refractivity contribution >= 4 is 11.9 Å². The Morgan fingerprint density at radius 3 is 1.89 bits per heavy atom. The predicted molar refractivity (Wildman–Crippen MR) is 66.9 cm³/mol. The van der Waals surface area contributed by atoms with Crippen molar-refractivity contribution in [3.63, 3.8) is 0 Å². The van der Waals surface area contributed by atoms with Crippen LogP contribution in [-0.4, -0.2) is 36.9 Å². The molecule has 0 spiro atoms. The third kappa shape index (κ3) is 11.1. The molecule has 0 rings (SSSR count). The molecule has 0 aliphatic carbocycles. The maximum absolute atomic E-state index is 11.1. The summed E-state index contributed by atoms with van der Waals surface area (Å²) < 4.78 is 9.66. The van der Waals surface area contributed by atoms with E-state index in [4.69, 9.17) is 14.6 Å². The van der Waals surface area contributed by atoms with Crippen LogP contribution >= 0.6 is 0 Å². The minimum atomic E-state index is -0.571. The Bertz CT molecular complexity index is 234. The fourth-order valence-corrected chi connectivity index (χ4v) is 1.14. The molecular weight excluding hydrogens is 236 g/mol.